The number of ketones is 1. The molecule has 24 heavy (non-hydrogen) atoms. The van der Waals surface area contributed by atoms with Gasteiger partial charge in [-0.3, -0.25) is 4.79 Å². The number of carbonyl (C=O) groups is 3. The van der Waals surface area contributed by atoms with Gasteiger partial charge in [-0.15, -0.1) is 0 Å². The van der Waals surface area contributed by atoms with Crippen molar-refractivity contribution in [1.82, 2.24) is 0 Å². The molecule has 0 bridgehead atoms. The molecule has 0 aliphatic heterocycles. The number of carboxylic acids is 2. The summed E-state index contributed by atoms with van der Waals surface area (Å²) < 4.78 is 5.51. The molecule has 1 rings (SSSR count). The third-order valence-corrected chi connectivity index (χ3v) is 3.47. The molecule has 0 saturated carbocycles. The second-order valence-corrected chi connectivity index (χ2v) is 6.62. The molecule has 7 nitrogen and oxygen atoms in total. The predicted molar refractivity (Wildman–Crippen MR) is 85.6 cm³/mol. The van der Waals surface area contributed by atoms with E-state index >= 15 is 0 Å². The summed E-state index contributed by atoms with van der Waals surface area (Å²) in [7, 11) is 0. The summed E-state index contributed by atoms with van der Waals surface area (Å²) in [6.45, 7) is 6.23. The van der Waals surface area contributed by atoms with E-state index in [1.54, 1.807) is 13.8 Å². The molecule has 3 N–H and O–H groups in total. The van der Waals surface area contributed by atoms with E-state index in [0.717, 1.165) is 18.2 Å². The Labute approximate surface area is 139 Å². The Hall–Kier alpha value is -2.25. The van der Waals surface area contributed by atoms with Gasteiger partial charge in [-0.2, -0.15) is 0 Å². The molecule has 0 aliphatic rings. The molecule has 0 heterocycles. The van der Waals surface area contributed by atoms with Crippen LogP contribution in [0.5, 0.6) is 0 Å². The third-order valence-electron chi connectivity index (χ3n) is 3.47. The Morgan fingerprint density at radius 2 is 1.58 bits per heavy atom. The number of aliphatic hydroxyl groups is 1. The van der Waals surface area contributed by atoms with Crippen molar-refractivity contribution in [2.24, 2.45) is 0 Å². The highest BCUT2D eigenvalue weighted by Crippen LogP contribution is 2.23. The lowest BCUT2D eigenvalue weighted by Gasteiger charge is -2.26. The molecule has 0 fully saturated rings. The Bertz CT molecular complexity index is 653. The molecule has 0 amide bonds. The smallest absolute Gasteiger partial charge is 0.336 e. The molecule has 0 spiro atoms. The van der Waals surface area contributed by atoms with Crippen molar-refractivity contribution in [1.29, 1.82) is 0 Å². The molecule has 7 heteroatoms. The number of Topliss-reactive ketones (excluding diaryl/α,β-unsaturated/α-hetero) is 1. The zero-order chi connectivity index (χ0) is 18.7. The maximum Gasteiger partial charge on any atom is 0.336 e. The van der Waals surface area contributed by atoms with Gasteiger partial charge >= 0.3 is 11.9 Å². The minimum Gasteiger partial charge on any atom is -0.478 e. The average molecular weight is 338 g/mol. The summed E-state index contributed by atoms with van der Waals surface area (Å²) in [5, 5.41) is 27.9. The summed E-state index contributed by atoms with van der Waals surface area (Å²) in [5.74, 6) is -3.23. The van der Waals surface area contributed by atoms with Gasteiger partial charge in [0.1, 0.15) is 5.60 Å². The van der Waals surface area contributed by atoms with Crippen molar-refractivity contribution in [3.05, 3.63) is 34.9 Å². The van der Waals surface area contributed by atoms with E-state index in [1.165, 1.54) is 13.8 Å². The van der Waals surface area contributed by atoms with Crippen molar-refractivity contribution < 1.29 is 34.4 Å². The first-order chi connectivity index (χ1) is 10.8. The zero-order valence-electron chi connectivity index (χ0n) is 14.1. The van der Waals surface area contributed by atoms with Gasteiger partial charge in [-0.1, -0.05) is 0 Å². The minimum absolute atomic E-state index is 0.0866. The van der Waals surface area contributed by atoms with E-state index in [2.05, 4.69) is 0 Å². The molecule has 0 saturated heterocycles. The van der Waals surface area contributed by atoms with E-state index in [9.17, 15) is 24.6 Å². The van der Waals surface area contributed by atoms with E-state index in [4.69, 9.17) is 9.84 Å². The highest BCUT2D eigenvalue weighted by atomic mass is 16.5. The number of hydrogen-bond acceptors (Lipinski definition) is 5. The molecule has 0 unspecified atom stereocenters. The standard InChI is InChI=1S/C17H22O7/c1-16(2,23)7-8-24-17(3,4)13(18)12-9-10(14(19)20)5-6-11(12)15(21)22/h5-6,9,23H,7-8H2,1-4H3,(H,19,20)(H,21,22). The fourth-order valence-corrected chi connectivity index (χ4v) is 2.00. The monoisotopic (exact) mass is 338 g/mol. The molecular formula is C17H22O7. The van der Waals surface area contributed by atoms with Crippen LogP contribution in [0.1, 0.15) is 65.2 Å². The van der Waals surface area contributed by atoms with Crippen LogP contribution in [0.25, 0.3) is 0 Å². The highest BCUT2D eigenvalue weighted by Gasteiger charge is 2.33. The van der Waals surface area contributed by atoms with Gasteiger partial charge in [0, 0.05) is 5.56 Å². The van der Waals surface area contributed by atoms with E-state index in [-0.39, 0.29) is 29.7 Å². The largest absolute Gasteiger partial charge is 0.478 e. The van der Waals surface area contributed by atoms with Crippen molar-refractivity contribution in [3.63, 3.8) is 0 Å². The fourth-order valence-electron chi connectivity index (χ4n) is 2.00. The summed E-state index contributed by atoms with van der Waals surface area (Å²) in [4.78, 5) is 35.1. The Kier molecular flexibility index (Phi) is 5.86. The van der Waals surface area contributed by atoms with Crippen LogP contribution in [0.4, 0.5) is 0 Å². The second-order valence-electron chi connectivity index (χ2n) is 6.62. The van der Waals surface area contributed by atoms with Crippen LogP contribution in [-0.4, -0.2) is 50.9 Å². The molecular weight excluding hydrogens is 316 g/mol. The van der Waals surface area contributed by atoms with Gasteiger partial charge in [-0.05, 0) is 52.3 Å². The number of hydrogen-bond donors (Lipinski definition) is 3. The summed E-state index contributed by atoms with van der Waals surface area (Å²) in [6, 6.07) is 3.26. The van der Waals surface area contributed by atoms with E-state index in [0.29, 0.717) is 0 Å². The SMILES string of the molecule is CC(C)(O)CCOC(C)(C)C(=O)c1cc(C(=O)O)ccc1C(=O)O. The van der Waals surface area contributed by atoms with Crippen LogP contribution >= 0.6 is 0 Å². The van der Waals surface area contributed by atoms with Crippen LogP contribution in [0.3, 0.4) is 0 Å². The third kappa shape index (κ3) is 5.14. The zero-order valence-corrected chi connectivity index (χ0v) is 14.1. The van der Waals surface area contributed by atoms with Gasteiger partial charge in [-0.25, -0.2) is 9.59 Å². The van der Waals surface area contributed by atoms with Crippen LogP contribution in [0.2, 0.25) is 0 Å². The quantitative estimate of drug-likeness (QED) is 0.621. The van der Waals surface area contributed by atoms with Gasteiger partial charge in [0.05, 0.1) is 23.3 Å². The Balaban J connectivity index is 3.13. The number of carboxylic acid groups (broad SMARTS) is 2. The first kappa shape index (κ1) is 19.8. The molecule has 1 aromatic carbocycles. The van der Waals surface area contributed by atoms with Gasteiger partial charge in [0.2, 0.25) is 0 Å². The molecule has 0 aromatic heterocycles. The van der Waals surface area contributed by atoms with Crippen LogP contribution < -0.4 is 0 Å². The van der Waals surface area contributed by atoms with Crippen molar-refractivity contribution in [2.45, 2.75) is 45.3 Å². The highest BCUT2D eigenvalue weighted by molar-refractivity contribution is 6.10. The lowest BCUT2D eigenvalue weighted by molar-refractivity contribution is -0.0315. The Morgan fingerprint density at radius 3 is 2.04 bits per heavy atom. The van der Waals surface area contributed by atoms with Gasteiger partial charge in [0.25, 0.3) is 0 Å². The van der Waals surface area contributed by atoms with E-state index < -0.39 is 28.9 Å². The first-order valence-corrected chi connectivity index (χ1v) is 7.37. The molecule has 0 atom stereocenters. The molecule has 132 valence electrons. The van der Waals surface area contributed by atoms with Crippen molar-refractivity contribution in [3.8, 4) is 0 Å². The summed E-state index contributed by atoms with van der Waals surface area (Å²) >= 11 is 0. The summed E-state index contributed by atoms with van der Waals surface area (Å²) in [5.41, 5.74) is -3.03. The number of aromatic carboxylic acids is 2. The normalized spacial score (nSPS) is 12.0. The minimum atomic E-state index is -1.37. The Morgan fingerprint density at radius 1 is 1.00 bits per heavy atom. The van der Waals surface area contributed by atoms with Crippen LogP contribution in [-0.2, 0) is 4.74 Å². The number of carbonyl (C=O) groups excluding carboxylic acids is 1. The maximum atomic E-state index is 12.7. The fraction of sp³-hybridized carbons (Fsp3) is 0.471. The topological polar surface area (TPSA) is 121 Å². The van der Waals surface area contributed by atoms with Crippen LogP contribution in [0, 0.1) is 0 Å². The van der Waals surface area contributed by atoms with Gasteiger partial charge < -0.3 is 20.1 Å². The van der Waals surface area contributed by atoms with Crippen LogP contribution in [0.15, 0.2) is 18.2 Å². The van der Waals surface area contributed by atoms with Crippen molar-refractivity contribution in [2.75, 3.05) is 6.61 Å². The number of rotatable bonds is 8. The van der Waals surface area contributed by atoms with Gasteiger partial charge in [0.15, 0.2) is 5.78 Å². The predicted octanol–water partition coefficient (Wildman–Crippen LogP) is 2.22. The average Bonchev–Trinajstić information content (AvgIpc) is 2.43. The second kappa shape index (κ2) is 7.11. The summed E-state index contributed by atoms with van der Waals surface area (Å²) in [6.07, 6.45) is 0.282. The van der Waals surface area contributed by atoms with E-state index in [1.807, 2.05) is 0 Å². The molecule has 0 aliphatic carbocycles. The first-order valence-electron chi connectivity index (χ1n) is 7.37. The maximum absolute atomic E-state index is 12.7. The van der Waals surface area contributed by atoms with Crippen molar-refractivity contribution >= 4 is 17.7 Å². The lowest BCUT2D eigenvalue weighted by atomic mass is 9.91. The number of benzene rings is 1. The molecule has 1 aromatic rings. The lowest BCUT2D eigenvalue weighted by Crippen LogP contribution is -2.37. The molecule has 0 radical (unpaired) electrons. The number of ether oxygens (including phenoxy) is 1.